The highest BCUT2D eigenvalue weighted by atomic mass is 31.2. The van der Waals surface area contributed by atoms with Gasteiger partial charge in [-0.2, -0.15) is 0 Å². The Labute approximate surface area is 511 Å². The number of hydrogen-bond acceptors (Lipinski definition) is 15. The first kappa shape index (κ1) is 82.1. The van der Waals surface area contributed by atoms with E-state index in [1.54, 1.807) is 0 Å². The normalized spacial score (nSPS) is 14.3. The Balaban J connectivity index is 5.16. The summed E-state index contributed by atoms with van der Waals surface area (Å²) in [5, 5.41) is 10.5. The highest BCUT2D eigenvalue weighted by Crippen LogP contribution is 2.45. The number of carbonyl (C=O) groups is 4. The van der Waals surface area contributed by atoms with Crippen molar-refractivity contribution < 1.29 is 80.2 Å². The van der Waals surface area contributed by atoms with Crippen molar-refractivity contribution in [3.8, 4) is 0 Å². The highest BCUT2D eigenvalue weighted by Gasteiger charge is 2.30. The molecule has 5 atom stereocenters. The predicted molar refractivity (Wildman–Crippen MR) is 335 cm³/mol. The molecule has 0 saturated heterocycles. The summed E-state index contributed by atoms with van der Waals surface area (Å²) in [5.74, 6) is -0.655. The standard InChI is InChI=1S/C65H126O17P2/c1-7-9-11-13-15-24-29-37-43-49-64(69)81-60(53-75-62(67)47-41-35-28-16-14-12-10-8-2)55-79-83(71,72)77-51-59(66)52-78-84(73,74)80-56-61(54-76-63(68)48-42-36-32-31-34-40-46-58(5)6)82-65(70)50-44-38-30-26-23-21-19-17-18-20-22-25-27-33-39-45-57(3)4/h57-61,66H,7-56H2,1-6H3,(H,71,72)(H,73,74)/t59-,60+,61+/m0/s1. The molecule has 0 rings (SSSR count). The molecule has 0 aromatic rings. The average Bonchev–Trinajstić information content (AvgIpc) is 3.57. The third-order valence-corrected chi connectivity index (χ3v) is 16.9. The summed E-state index contributed by atoms with van der Waals surface area (Å²) in [7, 11) is -9.88. The van der Waals surface area contributed by atoms with Crippen molar-refractivity contribution in [3.05, 3.63) is 0 Å². The molecule has 0 spiro atoms. The minimum Gasteiger partial charge on any atom is -0.462 e. The first-order chi connectivity index (χ1) is 40.4. The molecule has 0 radical (unpaired) electrons. The molecule has 0 aliphatic heterocycles. The van der Waals surface area contributed by atoms with E-state index in [0.29, 0.717) is 31.6 Å². The third kappa shape index (κ3) is 59.0. The molecule has 0 heterocycles. The second-order valence-corrected chi connectivity index (χ2v) is 27.4. The second-order valence-electron chi connectivity index (χ2n) is 24.5. The van der Waals surface area contributed by atoms with Gasteiger partial charge in [0.25, 0.3) is 0 Å². The molecule has 0 aromatic heterocycles. The maximum Gasteiger partial charge on any atom is 0.472 e. The molecule has 17 nitrogen and oxygen atoms in total. The Hall–Kier alpha value is -1.94. The largest absolute Gasteiger partial charge is 0.472 e. The van der Waals surface area contributed by atoms with Gasteiger partial charge in [-0.15, -0.1) is 0 Å². The van der Waals surface area contributed by atoms with Gasteiger partial charge < -0.3 is 33.8 Å². The topological polar surface area (TPSA) is 237 Å². The summed E-state index contributed by atoms with van der Waals surface area (Å²) in [4.78, 5) is 72.1. The van der Waals surface area contributed by atoms with Gasteiger partial charge in [-0.05, 0) is 37.5 Å². The number of aliphatic hydroxyl groups excluding tert-OH is 1. The Bertz CT molecular complexity index is 1650. The van der Waals surface area contributed by atoms with Crippen molar-refractivity contribution in [1.29, 1.82) is 0 Å². The van der Waals surface area contributed by atoms with E-state index in [4.69, 9.17) is 37.0 Å². The lowest BCUT2D eigenvalue weighted by Crippen LogP contribution is -2.30. The average molecular weight is 1240 g/mol. The molecule has 0 aromatic carbocycles. The van der Waals surface area contributed by atoms with E-state index in [0.717, 1.165) is 109 Å². The van der Waals surface area contributed by atoms with Gasteiger partial charge in [-0.3, -0.25) is 37.3 Å². The summed E-state index contributed by atoms with van der Waals surface area (Å²) in [6.45, 7) is 9.41. The zero-order chi connectivity index (χ0) is 62.2. The number of hydrogen-bond donors (Lipinski definition) is 3. The number of rotatable bonds is 64. The fraction of sp³-hybridized carbons (Fsp3) is 0.938. The first-order valence-electron chi connectivity index (χ1n) is 34.0. The van der Waals surface area contributed by atoms with Crippen LogP contribution in [0.2, 0.25) is 0 Å². The molecule has 0 aliphatic rings. The van der Waals surface area contributed by atoms with E-state index < -0.39 is 97.5 Å². The van der Waals surface area contributed by atoms with Crippen LogP contribution in [0.5, 0.6) is 0 Å². The molecule has 84 heavy (non-hydrogen) atoms. The summed E-state index contributed by atoms with van der Waals surface area (Å²) >= 11 is 0. The highest BCUT2D eigenvalue weighted by molar-refractivity contribution is 7.47. The second kappa shape index (κ2) is 57.5. The summed E-state index contributed by atoms with van der Waals surface area (Å²) in [5.41, 5.74) is 0. The number of aliphatic hydroxyl groups is 1. The number of esters is 4. The fourth-order valence-electron chi connectivity index (χ4n) is 9.71. The monoisotopic (exact) mass is 1240 g/mol. The van der Waals surface area contributed by atoms with Crippen molar-refractivity contribution in [2.45, 2.75) is 342 Å². The van der Waals surface area contributed by atoms with E-state index >= 15 is 0 Å². The zero-order valence-electron chi connectivity index (χ0n) is 54.2. The Morgan fingerprint density at radius 3 is 0.810 bits per heavy atom. The van der Waals surface area contributed by atoms with Crippen molar-refractivity contribution in [2.24, 2.45) is 11.8 Å². The summed E-state index contributed by atoms with van der Waals surface area (Å²) in [6, 6.07) is 0. The van der Waals surface area contributed by atoms with Gasteiger partial charge in [0.2, 0.25) is 0 Å². The fourth-order valence-corrected chi connectivity index (χ4v) is 11.3. The molecule has 0 bridgehead atoms. The van der Waals surface area contributed by atoms with Crippen LogP contribution in [0.4, 0.5) is 0 Å². The van der Waals surface area contributed by atoms with Crippen molar-refractivity contribution in [1.82, 2.24) is 0 Å². The van der Waals surface area contributed by atoms with Gasteiger partial charge in [0.15, 0.2) is 12.2 Å². The minimum atomic E-state index is -4.94. The van der Waals surface area contributed by atoms with Gasteiger partial charge >= 0.3 is 39.5 Å². The Morgan fingerprint density at radius 1 is 0.321 bits per heavy atom. The molecule has 498 valence electrons. The minimum absolute atomic E-state index is 0.105. The molecule has 0 fully saturated rings. The van der Waals surface area contributed by atoms with E-state index in [9.17, 15) is 43.2 Å². The van der Waals surface area contributed by atoms with E-state index in [2.05, 4.69) is 41.5 Å². The lowest BCUT2D eigenvalue weighted by atomic mass is 10.0. The molecule has 19 heteroatoms. The number of carbonyl (C=O) groups excluding carboxylic acids is 4. The van der Waals surface area contributed by atoms with Crippen LogP contribution in [-0.2, 0) is 65.4 Å². The van der Waals surface area contributed by atoms with Crippen LogP contribution in [0.15, 0.2) is 0 Å². The van der Waals surface area contributed by atoms with E-state index in [1.165, 1.54) is 128 Å². The van der Waals surface area contributed by atoms with Gasteiger partial charge in [-0.1, -0.05) is 273 Å². The van der Waals surface area contributed by atoms with Crippen LogP contribution in [-0.4, -0.2) is 96.7 Å². The maximum absolute atomic E-state index is 13.0. The number of ether oxygens (including phenoxy) is 4. The van der Waals surface area contributed by atoms with Crippen molar-refractivity contribution >= 4 is 39.5 Å². The van der Waals surface area contributed by atoms with E-state index in [1.807, 2.05) is 0 Å². The molecule has 0 aliphatic carbocycles. The quantitative estimate of drug-likeness (QED) is 0.0222. The van der Waals surface area contributed by atoms with Gasteiger partial charge in [-0.25, -0.2) is 9.13 Å². The van der Waals surface area contributed by atoms with E-state index in [-0.39, 0.29) is 25.7 Å². The summed E-state index contributed by atoms with van der Waals surface area (Å²) in [6.07, 6.45) is 40.6. The van der Waals surface area contributed by atoms with Gasteiger partial charge in [0.05, 0.1) is 26.4 Å². The summed E-state index contributed by atoms with van der Waals surface area (Å²) < 4.78 is 67.9. The van der Waals surface area contributed by atoms with Crippen LogP contribution >= 0.6 is 15.6 Å². The van der Waals surface area contributed by atoms with Crippen molar-refractivity contribution in [3.63, 3.8) is 0 Å². The maximum atomic E-state index is 13.0. The molecule has 2 unspecified atom stereocenters. The molecule has 0 saturated carbocycles. The smallest absolute Gasteiger partial charge is 0.462 e. The Morgan fingerprint density at radius 2 is 0.548 bits per heavy atom. The van der Waals surface area contributed by atoms with Crippen LogP contribution < -0.4 is 0 Å². The zero-order valence-corrected chi connectivity index (χ0v) is 56.0. The Kier molecular flexibility index (Phi) is 56.2. The molecule has 3 N–H and O–H groups in total. The van der Waals surface area contributed by atoms with Crippen molar-refractivity contribution in [2.75, 3.05) is 39.6 Å². The van der Waals surface area contributed by atoms with Crippen LogP contribution in [0, 0.1) is 11.8 Å². The molecular formula is C65H126O17P2. The van der Waals surface area contributed by atoms with Gasteiger partial charge in [0.1, 0.15) is 19.3 Å². The lowest BCUT2D eigenvalue weighted by molar-refractivity contribution is -0.161. The number of phosphoric ester groups is 2. The SMILES string of the molecule is CCCCCCCCCCCC(=O)O[C@H](COC(=O)CCCCCCCCCC)COP(=O)(O)OC[C@H](O)COP(=O)(O)OC[C@@H](COC(=O)CCCCCCCCC(C)C)OC(=O)CCCCCCCCCCCCCCCCCC(C)C. The van der Waals surface area contributed by atoms with Crippen LogP contribution in [0.1, 0.15) is 324 Å². The molecular weight excluding hydrogens is 1110 g/mol. The first-order valence-corrected chi connectivity index (χ1v) is 37.0. The molecule has 0 amide bonds. The third-order valence-electron chi connectivity index (χ3n) is 15.0. The predicted octanol–water partition coefficient (Wildman–Crippen LogP) is 18.0. The van der Waals surface area contributed by atoms with Gasteiger partial charge in [0, 0.05) is 25.7 Å². The van der Waals surface area contributed by atoms with Crippen LogP contribution in [0.3, 0.4) is 0 Å². The van der Waals surface area contributed by atoms with Crippen LogP contribution in [0.25, 0.3) is 0 Å². The number of unbranched alkanes of at least 4 members (excludes halogenated alkanes) is 34. The lowest BCUT2D eigenvalue weighted by Gasteiger charge is -2.21. The number of phosphoric acid groups is 2.